The van der Waals surface area contributed by atoms with Crippen molar-refractivity contribution in [1.82, 2.24) is 10.4 Å². The molecule has 1 heterocycles. The quantitative estimate of drug-likeness (QED) is 0.604. The van der Waals surface area contributed by atoms with Crippen LogP contribution in [0.5, 0.6) is 0 Å². The van der Waals surface area contributed by atoms with Crippen molar-refractivity contribution < 1.29 is 9.90 Å². The number of nitrogens with one attached hydrogen (secondary N) is 2. The van der Waals surface area contributed by atoms with Crippen LogP contribution in [-0.4, -0.2) is 16.1 Å². The van der Waals surface area contributed by atoms with E-state index in [0.29, 0.717) is 10.7 Å². The van der Waals surface area contributed by atoms with Crippen molar-refractivity contribution in [1.29, 1.82) is 0 Å². The van der Waals surface area contributed by atoms with E-state index in [0.717, 1.165) is 11.3 Å². The summed E-state index contributed by atoms with van der Waals surface area (Å²) in [4.78, 5) is 15.9. The Hall–Kier alpha value is -2.70. The number of benzene rings is 2. The average Bonchev–Trinajstić information content (AvgIpc) is 3.05. The van der Waals surface area contributed by atoms with Gasteiger partial charge in [-0.25, -0.2) is 10.4 Å². The molecule has 3 rings (SSSR count). The smallest absolute Gasteiger partial charge is 0.327 e. The van der Waals surface area contributed by atoms with Gasteiger partial charge >= 0.3 is 5.97 Å². The molecule has 23 heavy (non-hydrogen) atoms. The Morgan fingerprint density at radius 1 is 1.04 bits per heavy atom. The molecule has 0 spiro atoms. The van der Waals surface area contributed by atoms with Crippen molar-refractivity contribution in [3.8, 4) is 11.3 Å². The summed E-state index contributed by atoms with van der Waals surface area (Å²) in [6.45, 7) is 0. The number of nitrogens with zero attached hydrogens (tertiary/aromatic N) is 1. The van der Waals surface area contributed by atoms with E-state index in [1.165, 1.54) is 11.3 Å². The molecule has 0 saturated carbocycles. The molecule has 3 aromatic rings. The second kappa shape index (κ2) is 7.04. The predicted octanol–water partition coefficient (Wildman–Crippen LogP) is 3.55. The molecule has 6 heteroatoms. The van der Waals surface area contributed by atoms with Crippen LogP contribution in [0, 0.1) is 0 Å². The lowest BCUT2D eigenvalue weighted by Gasteiger charge is -2.14. The van der Waals surface area contributed by atoms with E-state index < -0.39 is 12.0 Å². The minimum absolute atomic E-state index is 0.617. The minimum Gasteiger partial charge on any atom is -0.480 e. The molecule has 0 aliphatic heterocycles. The summed E-state index contributed by atoms with van der Waals surface area (Å²) in [5, 5.41) is 11.9. The van der Waals surface area contributed by atoms with Crippen LogP contribution >= 0.6 is 11.3 Å². The number of carbonyl (C=O) groups is 1. The van der Waals surface area contributed by atoms with Gasteiger partial charge in [-0.2, -0.15) is 0 Å². The van der Waals surface area contributed by atoms with Gasteiger partial charge in [-0.1, -0.05) is 60.7 Å². The Morgan fingerprint density at radius 3 is 2.35 bits per heavy atom. The van der Waals surface area contributed by atoms with Crippen LogP contribution in [0.3, 0.4) is 0 Å². The zero-order valence-corrected chi connectivity index (χ0v) is 13.0. The summed E-state index contributed by atoms with van der Waals surface area (Å²) in [5.41, 5.74) is 8.26. The van der Waals surface area contributed by atoms with Crippen LogP contribution in [0.2, 0.25) is 0 Å². The average molecular weight is 325 g/mol. The Kier molecular flexibility index (Phi) is 4.65. The van der Waals surface area contributed by atoms with Gasteiger partial charge in [0.25, 0.3) is 0 Å². The third-order valence-corrected chi connectivity index (χ3v) is 4.03. The summed E-state index contributed by atoms with van der Waals surface area (Å²) in [7, 11) is 0. The fraction of sp³-hybridized carbons (Fsp3) is 0.0588. The zero-order valence-electron chi connectivity index (χ0n) is 12.1. The fourth-order valence-corrected chi connectivity index (χ4v) is 2.82. The minimum atomic E-state index is -0.955. The highest BCUT2D eigenvalue weighted by atomic mass is 32.1. The van der Waals surface area contributed by atoms with Crippen molar-refractivity contribution in [2.45, 2.75) is 6.04 Å². The SMILES string of the molecule is O=C(O)C(NNc1nc(-c2ccccc2)cs1)c1ccccc1. The van der Waals surface area contributed by atoms with Gasteiger partial charge in [0.2, 0.25) is 0 Å². The Balaban J connectivity index is 1.70. The van der Waals surface area contributed by atoms with Crippen LogP contribution in [0.4, 0.5) is 5.13 Å². The molecule has 0 fully saturated rings. The topological polar surface area (TPSA) is 74.2 Å². The van der Waals surface area contributed by atoms with Crippen LogP contribution < -0.4 is 10.9 Å². The summed E-state index contributed by atoms with van der Waals surface area (Å²) in [5.74, 6) is -0.955. The lowest BCUT2D eigenvalue weighted by molar-refractivity contribution is -0.139. The van der Waals surface area contributed by atoms with Crippen LogP contribution in [0.1, 0.15) is 11.6 Å². The number of thiazole rings is 1. The highest BCUT2D eigenvalue weighted by molar-refractivity contribution is 7.14. The van der Waals surface area contributed by atoms with Crippen LogP contribution in [0.25, 0.3) is 11.3 Å². The number of anilines is 1. The maximum Gasteiger partial charge on any atom is 0.327 e. The molecule has 0 aliphatic carbocycles. The molecule has 1 aromatic heterocycles. The molecular formula is C17H15N3O2S. The molecule has 0 radical (unpaired) electrons. The zero-order chi connectivity index (χ0) is 16.1. The van der Waals surface area contributed by atoms with Gasteiger partial charge in [0.05, 0.1) is 5.69 Å². The standard InChI is InChI=1S/C17H15N3O2S/c21-16(22)15(13-9-5-2-6-10-13)19-20-17-18-14(11-23-17)12-7-3-1-4-8-12/h1-11,15,19H,(H,18,20)(H,21,22). The van der Waals surface area contributed by atoms with Gasteiger partial charge in [0, 0.05) is 10.9 Å². The third kappa shape index (κ3) is 3.74. The number of carboxylic acid groups (broad SMARTS) is 1. The summed E-state index contributed by atoms with van der Waals surface area (Å²) in [6.07, 6.45) is 0. The molecule has 5 nitrogen and oxygen atoms in total. The molecule has 3 N–H and O–H groups in total. The number of carboxylic acids is 1. The van der Waals surface area contributed by atoms with Gasteiger partial charge < -0.3 is 5.11 Å². The molecule has 1 unspecified atom stereocenters. The molecule has 0 saturated heterocycles. The van der Waals surface area contributed by atoms with Gasteiger partial charge in [-0.15, -0.1) is 11.3 Å². The van der Waals surface area contributed by atoms with Crippen molar-refractivity contribution >= 4 is 22.4 Å². The van der Waals surface area contributed by atoms with E-state index in [4.69, 9.17) is 0 Å². The number of hydrogen-bond acceptors (Lipinski definition) is 5. The second-order valence-electron chi connectivity index (χ2n) is 4.86. The lowest BCUT2D eigenvalue weighted by Crippen LogP contribution is -2.32. The van der Waals surface area contributed by atoms with Crippen molar-refractivity contribution in [2.75, 3.05) is 5.43 Å². The van der Waals surface area contributed by atoms with E-state index in [-0.39, 0.29) is 0 Å². The molecular weight excluding hydrogens is 310 g/mol. The number of hydrogen-bond donors (Lipinski definition) is 3. The first-order valence-electron chi connectivity index (χ1n) is 7.04. The Morgan fingerprint density at radius 2 is 1.70 bits per heavy atom. The fourth-order valence-electron chi connectivity index (χ4n) is 2.14. The monoisotopic (exact) mass is 325 g/mol. The first-order valence-corrected chi connectivity index (χ1v) is 7.92. The highest BCUT2D eigenvalue weighted by Gasteiger charge is 2.19. The molecule has 116 valence electrons. The first-order chi connectivity index (χ1) is 11.2. The summed E-state index contributed by atoms with van der Waals surface area (Å²) < 4.78 is 0. The predicted molar refractivity (Wildman–Crippen MR) is 91.1 cm³/mol. The van der Waals surface area contributed by atoms with E-state index in [1.807, 2.05) is 53.9 Å². The molecule has 0 amide bonds. The highest BCUT2D eigenvalue weighted by Crippen LogP contribution is 2.24. The number of aromatic nitrogens is 1. The molecule has 0 aliphatic rings. The van der Waals surface area contributed by atoms with Crippen LogP contribution in [-0.2, 0) is 4.79 Å². The van der Waals surface area contributed by atoms with Gasteiger partial charge in [-0.05, 0) is 5.56 Å². The molecule has 0 bridgehead atoms. The van der Waals surface area contributed by atoms with Gasteiger partial charge in [-0.3, -0.25) is 10.2 Å². The molecule has 2 aromatic carbocycles. The maximum atomic E-state index is 11.4. The van der Waals surface area contributed by atoms with E-state index in [2.05, 4.69) is 15.8 Å². The first kappa shape index (κ1) is 15.2. The van der Waals surface area contributed by atoms with Gasteiger partial charge in [0.1, 0.15) is 6.04 Å². The number of aliphatic carboxylic acids is 1. The number of hydrazine groups is 1. The lowest BCUT2D eigenvalue weighted by atomic mass is 10.1. The van der Waals surface area contributed by atoms with E-state index in [1.54, 1.807) is 12.1 Å². The summed E-state index contributed by atoms with van der Waals surface area (Å²) >= 11 is 1.42. The Bertz CT molecular complexity index is 775. The third-order valence-electron chi connectivity index (χ3n) is 3.28. The van der Waals surface area contributed by atoms with E-state index >= 15 is 0 Å². The van der Waals surface area contributed by atoms with Crippen molar-refractivity contribution in [3.05, 3.63) is 71.6 Å². The van der Waals surface area contributed by atoms with E-state index in [9.17, 15) is 9.90 Å². The summed E-state index contributed by atoms with van der Waals surface area (Å²) in [6, 6.07) is 18.0. The van der Waals surface area contributed by atoms with Crippen molar-refractivity contribution in [2.24, 2.45) is 0 Å². The maximum absolute atomic E-state index is 11.4. The second-order valence-corrected chi connectivity index (χ2v) is 5.71. The van der Waals surface area contributed by atoms with Gasteiger partial charge in [0.15, 0.2) is 5.13 Å². The largest absolute Gasteiger partial charge is 0.480 e. The normalized spacial score (nSPS) is 11.8. The van der Waals surface area contributed by atoms with Crippen LogP contribution in [0.15, 0.2) is 66.0 Å². The Labute approximate surface area is 137 Å². The van der Waals surface area contributed by atoms with Crippen molar-refractivity contribution in [3.63, 3.8) is 0 Å². The number of rotatable bonds is 6. The molecule has 1 atom stereocenters.